The number of carbonyl (C=O) groups is 1. The molecule has 1 rings (SSSR count). The van der Waals surface area contributed by atoms with E-state index in [1.54, 1.807) is 7.05 Å². The first-order valence-corrected chi connectivity index (χ1v) is 5.56. The molecule has 0 heterocycles. The second-order valence-corrected chi connectivity index (χ2v) is 4.30. The summed E-state index contributed by atoms with van der Waals surface area (Å²) in [5, 5.41) is 0. The van der Waals surface area contributed by atoms with Crippen LogP contribution < -0.4 is 5.73 Å². The van der Waals surface area contributed by atoms with Gasteiger partial charge in [-0.1, -0.05) is 12.8 Å². The van der Waals surface area contributed by atoms with Crippen LogP contribution in [0.5, 0.6) is 0 Å². The number of nitrogens with two attached hydrogens (primary N) is 1. The van der Waals surface area contributed by atoms with Gasteiger partial charge in [0.25, 0.3) is 0 Å². The number of hydrogen-bond acceptors (Lipinski definition) is 3. The van der Waals surface area contributed by atoms with Crippen LogP contribution in [0.25, 0.3) is 0 Å². The number of primary amides is 1. The van der Waals surface area contributed by atoms with E-state index in [0.29, 0.717) is 18.5 Å². The Morgan fingerprint density at radius 2 is 2.20 bits per heavy atom. The van der Waals surface area contributed by atoms with Crippen LogP contribution in [0.15, 0.2) is 4.99 Å². The molecule has 4 heteroatoms. The molecule has 2 atom stereocenters. The summed E-state index contributed by atoms with van der Waals surface area (Å²) in [5.41, 5.74) is 5.21. The first-order valence-electron chi connectivity index (χ1n) is 5.56. The molecule has 0 spiro atoms. The van der Waals surface area contributed by atoms with Gasteiger partial charge in [-0.05, 0) is 19.9 Å². The van der Waals surface area contributed by atoms with Gasteiger partial charge in [-0.3, -0.25) is 9.69 Å². The van der Waals surface area contributed by atoms with Crippen molar-refractivity contribution in [3.05, 3.63) is 0 Å². The fourth-order valence-electron chi connectivity index (χ4n) is 2.42. The highest BCUT2D eigenvalue weighted by atomic mass is 16.1. The van der Waals surface area contributed by atoms with Crippen LogP contribution >= 0.6 is 0 Å². The molecule has 0 aromatic heterocycles. The number of hydrogen-bond donors (Lipinski definition) is 1. The highest BCUT2D eigenvalue weighted by molar-refractivity contribution is 5.76. The minimum atomic E-state index is -0.254. The Kier molecular flexibility index (Phi) is 4.75. The average Bonchev–Trinajstić information content (AvgIpc) is 2.18. The van der Waals surface area contributed by atoms with Crippen molar-refractivity contribution in [1.29, 1.82) is 0 Å². The monoisotopic (exact) mass is 211 g/mol. The average molecular weight is 211 g/mol. The molecular formula is C11H21N3O. The van der Waals surface area contributed by atoms with Crippen molar-refractivity contribution >= 4 is 12.1 Å². The first-order chi connectivity index (χ1) is 7.15. The number of likely N-dealkylation sites (N-methyl/N-ethyl adjacent to an activating group) is 1. The third-order valence-corrected chi connectivity index (χ3v) is 3.09. The van der Waals surface area contributed by atoms with Crippen molar-refractivity contribution in [1.82, 2.24) is 4.90 Å². The maximum absolute atomic E-state index is 10.9. The number of carbonyl (C=O) groups excluding carboxylic acids is 1. The number of nitrogens with zero attached hydrogens (tertiary/aromatic N) is 2. The van der Waals surface area contributed by atoms with E-state index in [-0.39, 0.29) is 5.91 Å². The Hall–Kier alpha value is -0.900. The van der Waals surface area contributed by atoms with Crippen molar-refractivity contribution in [3.63, 3.8) is 0 Å². The van der Waals surface area contributed by atoms with Gasteiger partial charge in [0.05, 0.1) is 6.54 Å². The molecule has 1 saturated carbocycles. The first kappa shape index (κ1) is 12.2. The zero-order valence-corrected chi connectivity index (χ0v) is 9.65. The van der Waals surface area contributed by atoms with Crippen LogP contribution in [0, 0.1) is 5.92 Å². The predicted molar refractivity (Wildman–Crippen MR) is 62.0 cm³/mol. The van der Waals surface area contributed by atoms with Gasteiger partial charge in [-0.2, -0.15) is 0 Å². The van der Waals surface area contributed by atoms with Crippen LogP contribution in [-0.4, -0.2) is 43.7 Å². The SMILES string of the molecule is CN=CC1CCCC[C@@H]1N(C)CC(N)=O. The van der Waals surface area contributed by atoms with Gasteiger partial charge >= 0.3 is 0 Å². The molecule has 15 heavy (non-hydrogen) atoms. The van der Waals surface area contributed by atoms with Crippen molar-refractivity contribution in [2.75, 3.05) is 20.6 Å². The van der Waals surface area contributed by atoms with E-state index in [1.807, 2.05) is 13.3 Å². The minimum absolute atomic E-state index is 0.254. The highest BCUT2D eigenvalue weighted by Crippen LogP contribution is 2.26. The fraction of sp³-hybridized carbons (Fsp3) is 0.818. The molecule has 4 nitrogen and oxygen atoms in total. The summed E-state index contributed by atoms with van der Waals surface area (Å²) in [6.07, 6.45) is 6.83. The summed E-state index contributed by atoms with van der Waals surface area (Å²) >= 11 is 0. The number of rotatable bonds is 4. The zero-order chi connectivity index (χ0) is 11.3. The molecule has 0 saturated heterocycles. The maximum Gasteiger partial charge on any atom is 0.231 e. The van der Waals surface area contributed by atoms with Crippen LogP contribution in [0.4, 0.5) is 0 Å². The topological polar surface area (TPSA) is 58.7 Å². The molecule has 1 aliphatic rings. The molecule has 1 amide bonds. The maximum atomic E-state index is 10.9. The van der Waals surface area contributed by atoms with Gasteiger partial charge in [0, 0.05) is 25.2 Å². The molecular weight excluding hydrogens is 190 g/mol. The molecule has 0 aliphatic heterocycles. The van der Waals surface area contributed by atoms with E-state index in [2.05, 4.69) is 9.89 Å². The summed E-state index contributed by atoms with van der Waals surface area (Å²) in [4.78, 5) is 17.0. The summed E-state index contributed by atoms with van der Waals surface area (Å²) < 4.78 is 0. The molecule has 0 bridgehead atoms. The van der Waals surface area contributed by atoms with E-state index >= 15 is 0 Å². The smallest absolute Gasteiger partial charge is 0.231 e. The summed E-state index contributed by atoms with van der Waals surface area (Å²) in [5.74, 6) is 0.225. The predicted octanol–water partition coefficient (Wildman–Crippen LogP) is 0.663. The molecule has 0 aromatic rings. The lowest BCUT2D eigenvalue weighted by atomic mass is 9.84. The molecule has 1 unspecified atom stereocenters. The molecule has 2 N–H and O–H groups in total. The normalized spacial score (nSPS) is 27.4. The second kappa shape index (κ2) is 5.85. The fourth-order valence-corrected chi connectivity index (χ4v) is 2.42. The van der Waals surface area contributed by atoms with Crippen molar-refractivity contribution in [3.8, 4) is 0 Å². The van der Waals surface area contributed by atoms with Crippen LogP contribution in [0.3, 0.4) is 0 Å². The standard InChI is InChI=1S/C11H21N3O/c1-13-7-9-5-3-4-6-10(9)14(2)8-11(12)15/h7,9-10H,3-6,8H2,1-2H3,(H2,12,15)/t9?,10-/m0/s1. The van der Waals surface area contributed by atoms with Crippen molar-refractivity contribution < 1.29 is 4.79 Å². The quantitative estimate of drug-likeness (QED) is 0.695. The van der Waals surface area contributed by atoms with Crippen LogP contribution in [-0.2, 0) is 4.79 Å². The molecule has 0 radical (unpaired) electrons. The summed E-state index contributed by atoms with van der Waals surface area (Å²) in [6.45, 7) is 0.346. The van der Waals surface area contributed by atoms with Gasteiger partial charge < -0.3 is 10.7 Å². The van der Waals surface area contributed by atoms with Crippen LogP contribution in [0.2, 0.25) is 0 Å². The number of amides is 1. The van der Waals surface area contributed by atoms with E-state index < -0.39 is 0 Å². The van der Waals surface area contributed by atoms with Crippen molar-refractivity contribution in [2.45, 2.75) is 31.7 Å². The zero-order valence-electron chi connectivity index (χ0n) is 9.65. The minimum Gasteiger partial charge on any atom is -0.369 e. The second-order valence-electron chi connectivity index (χ2n) is 4.30. The molecule has 1 aliphatic carbocycles. The molecule has 0 aromatic carbocycles. The Morgan fingerprint density at radius 3 is 2.80 bits per heavy atom. The summed E-state index contributed by atoms with van der Waals surface area (Å²) in [6, 6.07) is 0.426. The third kappa shape index (κ3) is 3.63. The Morgan fingerprint density at radius 1 is 1.53 bits per heavy atom. The van der Waals surface area contributed by atoms with Crippen molar-refractivity contribution in [2.24, 2.45) is 16.6 Å². The van der Waals surface area contributed by atoms with Gasteiger partial charge in [0.1, 0.15) is 0 Å². The molecule has 86 valence electrons. The Bertz CT molecular complexity index is 240. The largest absolute Gasteiger partial charge is 0.369 e. The lowest BCUT2D eigenvalue weighted by Gasteiger charge is -2.35. The van der Waals surface area contributed by atoms with Crippen LogP contribution in [0.1, 0.15) is 25.7 Å². The number of aliphatic imine (C=N–C) groups is 1. The van der Waals surface area contributed by atoms with E-state index in [9.17, 15) is 4.79 Å². The lowest BCUT2D eigenvalue weighted by molar-refractivity contribution is -0.119. The van der Waals surface area contributed by atoms with E-state index in [0.717, 1.165) is 6.42 Å². The van der Waals surface area contributed by atoms with Gasteiger partial charge in [-0.25, -0.2) is 0 Å². The van der Waals surface area contributed by atoms with Gasteiger partial charge in [0.15, 0.2) is 0 Å². The third-order valence-electron chi connectivity index (χ3n) is 3.09. The van der Waals surface area contributed by atoms with E-state index in [1.165, 1.54) is 19.3 Å². The van der Waals surface area contributed by atoms with Gasteiger partial charge in [-0.15, -0.1) is 0 Å². The Labute approximate surface area is 91.5 Å². The highest BCUT2D eigenvalue weighted by Gasteiger charge is 2.27. The Balaban J connectivity index is 2.58. The molecule has 1 fully saturated rings. The van der Waals surface area contributed by atoms with Gasteiger partial charge in [0.2, 0.25) is 5.91 Å². The summed E-state index contributed by atoms with van der Waals surface area (Å²) in [7, 11) is 3.77. The van der Waals surface area contributed by atoms with E-state index in [4.69, 9.17) is 5.73 Å². The lowest BCUT2D eigenvalue weighted by Crippen LogP contribution is -2.44.